The maximum atomic E-state index is 5.65. The third-order valence-corrected chi connectivity index (χ3v) is 5.69. The molecule has 1 aliphatic rings. The SMILES string of the molecule is CCNC(=NCc1ccnc(N2CCOC(C)C2)c1)NCCC(C)c1ccc(OC)cc1. The first-order valence-electron chi connectivity index (χ1n) is 11.6. The molecule has 2 aromatic rings. The number of benzene rings is 1. The molecule has 1 aromatic carbocycles. The second-order valence-corrected chi connectivity index (χ2v) is 8.23. The van der Waals surface area contributed by atoms with Gasteiger partial charge in [0.15, 0.2) is 5.96 Å². The van der Waals surface area contributed by atoms with Gasteiger partial charge in [-0.05, 0) is 61.6 Å². The Kier molecular flexibility index (Phi) is 9.16. The smallest absolute Gasteiger partial charge is 0.191 e. The Balaban J connectivity index is 1.53. The lowest BCUT2D eigenvalue weighted by atomic mass is 9.98. The van der Waals surface area contributed by atoms with Gasteiger partial charge in [0.05, 0.1) is 26.4 Å². The molecule has 1 aliphatic heterocycles. The van der Waals surface area contributed by atoms with E-state index in [0.717, 1.165) is 62.3 Å². The maximum Gasteiger partial charge on any atom is 0.191 e. The minimum Gasteiger partial charge on any atom is -0.497 e. The van der Waals surface area contributed by atoms with Crippen LogP contribution in [0.1, 0.15) is 44.2 Å². The molecule has 2 atom stereocenters. The van der Waals surface area contributed by atoms with E-state index in [-0.39, 0.29) is 6.10 Å². The Morgan fingerprint density at radius 3 is 2.81 bits per heavy atom. The van der Waals surface area contributed by atoms with Crippen LogP contribution in [0.4, 0.5) is 5.82 Å². The third-order valence-electron chi connectivity index (χ3n) is 5.69. The Morgan fingerprint density at radius 1 is 1.28 bits per heavy atom. The minimum atomic E-state index is 0.233. The Labute approximate surface area is 192 Å². The average Bonchev–Trinajstić information content (AvgIpc) is 2.82. The van der Waals surface area contributed by atoms with Crippen LogP contribution in [0.15, 0.2) is 47.6 Å². The van der Waals surface area contributed by atoms with Crippen molar-refractivity contribution in [1.29, 1.82) is 0 Å². The summed E-state index contributed by atoms with van der Waals surface area (Å²) in [6.45, 7) is 11.2. The fourth-order valence-corrected chi connectivity index (χ4v) is 3.78. The van der Waals surface area contributed by atoms with Crippen LogP contribution >= 0.6 is 0 Å². The predicted octanol–water partition coefficient (Wildman–Crippen LogP) is 3.56. The summed E-state index contributed by atoms with van der Waals surface area (Å²) in [7, 11) is 1.69. The van der Waals surface area contributed by atoms with Crippen molar-refractivity contribution in [1.82, 2.24) is 15.6 Å². The van der Waals surface area contributed by atoms with Crippen molar-refractivity contribution in [3.63, 3.8) is 0 Å². The normalized spacial score (nSPS) is 17.7. The van der Waals surface area contributed by atoms with Crippen LogP contribution in [0.25, 0.3) is 0 Å². The van der Waals surface area contributed by atoms with Crippen molar-refractivity contribution in [3.05, 3.63) is 53.7 Å². The summed E-state index contributed by atoms with van der Waals surface area (Å²) in [5.41, 5.74) is 2.47. The van der Waals surface area contributed by atoms with Crippen LogP contribution in [-0.4, -0.2) is 56.9 Å². The lowest BCUT2D eigenvalue weighted by Gasteiger charge is -2.32. The van der Waals surface area contributed by atoms with Crippen LogP contribution in [0, 0.1) is 0 Å². The highest BCUT2D eigenvalue weighted by Gasteiger charge is 2.18. The van der Waals surface area contributed by atoms with Crippen molar-refractivity contribution >= 4 is 11.8 Å². The van der Waals surface area contributed by atoms with E-state index in [1.54, 1.807) is 7.11 Å². The molecule has 1 saturated heterocycles. The van der Waals surface area contributed by atoms with Gasteiger partial charge in [0.1, 0.15) is 11.6 Å². The van der Waals surface area contributed by atoms with Gasteiger partial charge < -0.3 is 25.0 Å². The van der Waals surface area contributed by atoms with E-state index in [9.17, 15) is 0 Å². The lowest BCUT2D eigenvalue weighted by molar-refractivity contribution is 0.0529. The molecule has 2 unspecified atom stereocenters. The number of pyridine rings is 1. The molecule has 0 bridgehead atoms. The zero-order chi connectivity index (χ0) is 22.8. The number of nitrogens with one attached hydrogen (secondary N) is 2. The zero-order valence-corrected chi connectivity index (χ0v) is 19.8. The first kappa shape index (κ1) is 23.9. The summed E-state index contributed by atoms with van der Waals surface area (Å²) in [4.78, 5) is 11.6. The van der Waals surface area contributed by atoms with E-state index >= 15 is 0 Å². The van der Waals surface area contributed by atoms with Gasteiger partial charge in [-0.1, -0.05) is 19.1 Å². The molecule has 7 heteroatoms. The molecule has 174 valence electrons. The van der Waals surface area contributed by atoms with Gasteiger partial charge in [0, 0.05) is 32.4 Å². The van der Waals surface area contributed by atoms with Crippen molar-refractivity contribution < 1.29 is 9.47 Å². The Bertz CT molecular complexity index is 856. The number of hydrogen-bond acceptors (Lipinski definition) is 5. The number of aliphatic imine (C=N–C) groups is 1. The standard InChI is InChI=1S/C25H37N5O2/c1-5-26-25(28-12-10-19(2)22-6-8-23(31-4)9-7-22)29-17-21-11-13-27-24(16-21)30-14-15-32-20(3)18-30/h6-9,11,13,16,19-20H,5,10,12,14-15,17-18H2,1-4H3,(H2,26,28,29). The molecule has 1 fully saturated rings. The molecule has 1 aromatic heterocycles. The van der Waals surface area contributed by atoms with E-state index < -0.39 is 0 Å². The van der Waals surface area contributed by atoms with E-state index in [0.29, 0.717) is 12.5 Å². The largest absolute Gasteiger partial charge is 0.497 e. The Hall–Kier alpha value is -2.80. The van der Waals surface area contributed by atoms with Gasteiger partial charge in [-0.15, -0.1) is 0 Å². The van der Waals surface area contributed by atoms with Gasteiger partial charge >= 0.3 is 0 Å². The predicted molar refractivity (Wildman–Crippen MR) is 131 cm³/mol. The number of guanidine groups is 1. The monoisotopic (exact) mass is 439 g/mol. The van der Waals surface area contributed by atoms with Gasteiger partial charge in [-0.25, -0.2) is 9.98 Å². The van der Waals surface area contributed by atoms with E-state index in [2.05, 4.69) is 59.5 Å². The number of methoxy groups -OCH3 is 1. The van der Waals surface area contributed by atoms with Crippen LogP contribution in [-0.2, 0) is 11.3 Å². The molecule has 0 radical (unpaired) electrons. The fraction of sp³-hybridized carbons (Fsp3) is 0.520. The summed E-state index contributed by atoms with van der Waals surface area (Å²) in [5.74, 6) is 3.19. The average molecular weight is 440 g/mol. The van der Waals surface area contributed by atoms with Crippen LogP contribution in [0.5, 0.6) is 5.75 Å². The highest BCUT2D eigenvalue weighted by atomic mass is 16.5. The maximum absolute atomic E-state index is 5.65. The number of anilines is 1. The van der Waals surface area contributed by atoms with E-state index in [1.807, 2.05) is 24.4 Å². The third kappa shape index (κ3) is 7.12. The van der Waals surface area contributed by atoms with Crippen LogP contribution in [0.3, 0.4) is 0 Å². The number of ether oxygens (including phenoxy) is 2. The van der Waals surface area contributed by atoms with Crippen molar-refractivity contribution in [2.45, 2.75) is 45.8 Å². The number of nitrogens with zero attached hydrogens (tertiary/aromatic N) is 3. The summed E-state index contributed by atoms with van der Waals surface area (Å²) >= 11 is 0. The van der Waals surface area contributed by atoms with Crippen molar-refractivity contribution in [3.8, 4) is 5.75 Å². The van der Waals surface area contributed by atoms with Gasteiger partial charge in [-0.3, -0.25) is 0 Å². The van der Waals surface area contributed by atoms with E-state index in [4.69, 9.17) is 14.5 Å². The molecule has 2 N–H and O–H groups in total. The van der Waals surface area contributed by atoms with Crippen molar-refractivity contribution in [2.75, 3.05) is 44.8 Å². The molecule has 2 heterocycles. The van der Waals surface area contributed by atoms with Gasteiger partial charge in [-0.2, -0.15) is 0 Å². The first-order valence-corrected chi connectivity index (χ1v) is 11.6. The van der Waals surface area contributed by atoms with Crippen molar-refractivity contribution in [2.24, 2.45) is 4.99 Å². The Morgan fingerprint density at radius 2 is 2.09 bits per heavy atom. The molecular formula is C25H37N5O2. The quantitative estimate of drug-likeness (QED) is 0.460. The highest BCUT2D eigenvalue weighted by molar-refractivity contribution is 5.79. The summed E-state index contributed by atoms with van der Waals surface area (Å²) in [6, 6.07) is 12.5. The molecule has 32 heavy (non-hydrogen) atoms. The number of morpholine rings is 1. The fourth-order valence-electron chi connectivity index (χ4n) is 3.78. The van der Waals surface area contributed by atoms with E-state index in [1.165, 1.54) is 5.56 Å². The number of rotatable bonds is 9. The molecule has 0 spiro atoms. The van der Waals surface area contributed by atoms with Crippen LogP contribution < -0.4 is 20.3 Å². The molecule has 0 aliphatic carbocycles. The number of aromatic nitrogens is 1. The zero-order valence-electron chi connectivity index (χ0n) is 19.8. The first-order chi connectivity index (χ1) is 15.6. The summed E-state index contributed by atoms with van der Waals surface area (Å²) < 4.78 is 10.9. The second-order valence-electron chi connectivity index (χ2n) is 8.23. The second kappa shape index (κ2) is 12.3. The molecule has 0 saturated carbocycles. The molecule has 7 nitrogen and oxygen atoms in total. The minimum absolute atomic E-state index is 0.233. The lowest BCUT2D eigenvalue weighted by Crippen LogP contribution is -2.41. The molecule has 3 rings (SSSR count). The summed E-state index contributed by atoms with van der Waals surface area (Å²) in [6.07, 6.45) is 3.12. The molecular weight excluding hydrogens is 402 g/mol. The van der Waals surface area contributed by atoms with Gasteiger partial charge in [0.2, 0.25) is 0 Å². The van der Waals surface area contributed by atoms with Gasteiger partial charge in [0.25, 0.3) is 0 Å². The highest BCUT2D eigenvalue weighted by Crippen LogP contribution is 2.21. The number of hydrogen-bond donors (Lipinski definition) is 2. The van der Waals surface area contributed by atoms with Crippen LogP contribution in [0.2, 0.25) is 0 Å². The topological polar surface area (TPSA) is 71.0 Å². The molecule has 0 amide bonds. The summed E-state index contributed by atoms with van der Waals surface area (Å²) in [5, 5.41) is 6.81.